The van der Waals surface area contributed by atoms with Crippen LogP contribution in [0.25, 0.3) is 22.0 Å². The number of hydrogen-bond acceptors (Lipinski definition) is 3. The number of aliphatic hydroxyl groups is 1. The summed E-state index contributed by atoms with van der Waals surface area (Å²) in [5, 5.41) is 11.8. The number of fused-ring (bicyclic) bond motifs is 1. The van der Waals surface area contributed by atoms with E-state index < -0.39 is 27.5 Å². The molecule has 5 rings (SSSR count). The van der Waals surface area contributed by atoms with Gasteiger partial charge in [-0.1, -0.05) is 35.9 Å². The second-order valence-electron chi connectivity index (χ2n) is 7.79. The average Bonchev–Trinajstić information content (AvgIpc) is 3.20. The molecule has 0 spiro atoms. The molecule has 8 heteroatoms. The SMILES string of the molecule is C[C@H]1NS(=O)(c2c[nH]c3cc(Cl)c(-c4ccc(C5(O)CCC5)cc4)cc23)=NC1=O. The lowest BCUT2D eigenvalue weighted by Gasteiger charge is -2.37. The highest BCUT2D eigenvalue weighted by atomic mass is 35.5. The minimum Gasteiger partial charge on any atom is -0.385 e. The van der Waals surface area contributed by atoms with Gasteiger partial charge in [-0.2, -0.15) is 0 Å². The van der Waals surface area contributed by atoms with Gasteiger partial charge in [0.05, 0.1) is 21.6 Å². The predicted molar refractivity (Wildman–Crippen MR) is 113 cm³/mol. The second kappa shape index (κ2) is 6.40. The van der Waals surface area contributed by atoms with Gasteiger partial charge in [-0.05, 0) is 49.4 Å². The maximum atomic E-state index is 13.2. The molecule has 1 saturated carbocycles. The van der Waals surface area contributed by atoms with Crippen LogP contribution < -0.4 is 4.72 Å². The van der Waals surface area contributed by atoms with Crippen molar-refractivity contribution >= 4 is 38.3 Å². The Morgan fingerprint density at radius 3 is 2.55 bits per heavy atom. The molecule has 0 radical (unpaired) electrons. The Morgan fingerprint density at radius 1 is 1.24 bits per heavy atom. The number of nitrogens with one attached hydrogen (secondary N) is 2. The van der Waals surface area contributed by atoms with Crippen LogP contribution in [-0.2, 0) is 20.3 Å². The van der Waals surface area contributed by atoms with E-state index in [1.54, 1.807) is 19.2 Å². The van der Waals surface area contributed by atoms with Crippen LogP contribution in [0.1, 0.15) is 31.7 Å². The Labute approximate surface area is 173 Å². The van der Waals surface area contributed by atoms with E-state index in [2.05, 4.69) is 14.1 Å². The number of nitrogens with zero attached hydrogens (tertiary/aromatic N) is 1. The summed E-state index contributed by atoms with van der Waals surface area (Å²) in [6.45, 7) is 1.65. The smallest absolute Gasteiger partial charge is 0.272 e. The lowest BCUT2D eigenvalue weighted by Crippen LogP contribution is -2.33. The second-order valence-corrected chi connectivity index (χ2v) is 10.1. The van der Waals surface area contributed by atoms with Crippen LogP contribution in [0.3, 0.4) is 0 Å². The molecule has 3 aromatic rings. The number of aromatic amines is 1. The number of rotatable bonds is 3. The Bertz CT molecular complexity index is 1270. The standard InChI is InChI=1S/C21H20ClN3O3S/c1-12-20(26)25-29(28,24-12)19-11-23-18-10-17(22)15(9-16(18)19)13-3-5-14(6-4-13)21(27)7-2-8-21/h3-6,9-12,23,27H,2,7-8H2,1H3,(H,24,25,26,28)/t12-,29?/m1/s1. The van der Waals surface area contributed by atoms with E-state index in [9.17, 15) is 14.1 Å². The maximum Gasteiger partial charge on any atom is 0.272 e. The number of amides is 1. The van der Waals surface area contributed by atoms with Gasteiger partial charge in [-0.15, -0.1) is 4.36 Å². The first kappa shape index (κ1) is 18.8. The summed E-state index contributed by atoms with van der Waals surface area (Å²) in [7, 11) is -3.03. The van der Waals surface area contributed by atoms with Crippen molar-refractivity contribution in [2.45, 2.75) is 42.7 Å². The highest BCUT2D eigenvalue weighted by Gasteiger charge is 2.36. The van der Waals surface area contributed by atoms with E-state index >= 15 is 0 Å². The Morgan fingerprint density at radius 2 is 1.97 bits per heavy atom. The first-order valence-corrected chi connectivity index (χ1v) is 11.4. The summed E-state index contributed by atoms with van der Waals surface area (Å²) < 4.78 is 19.9. The molecule has 2 aliphatic rings. The normalized spacial score (nSPS) is 25.8. The Kier molecular flexibility index (Phi) is 4.15. The highest BCUT2D eigenvalue weighted by Crippen LogP contribution is 2.42. The van der Waals surface area contributed by atoms with Crippen molar-refractivity contribution in [2.75, 3.05) is 0 Å². The molecule has 1 aliphatic carbocycles. The van der Waals surface area contributed by atoms with Gasteiger partial charge in [-0.25, -0.2) is 8.93 Å². The number of carbonyl (C=O) groups is 1. The molecular weight excluding hydrogens is 410 g/mol. The van der Waals surface area contributed by atoms with Gasteiger partial charge in [-0.3, -0.25) is 4.79 Å². The molecule has 1 aliphatic heterocycles. The summed E-state index contributed by atoms with van der Waals surface area (Å²) in [5.41, 5.74) is 2.60. The van der Waals surface area contributed by atoms with Crippen molar-refractivity contribution in [3.8, 4) is 11.1 Å². The molecule has 6 nitrogen and oxygen atoms in total. The van der Waals surface area contributed by atoms with Crippen LogP contribution in [0.2, 0.25) is 5.02 Å². The van der Waals surface area contributed by atoms with Gasteiger partial charge in [0.15, 0.2) is 0 Å². The van der Waals surface area contributed by atoms with Crippen molar-refractivity contribution in [2.24, 2.45) is 4.36 Å². The first-order chi connectivity index (χ1) is 13.8. The molecule has 150 valence electrons. The van der Waals surface area contributed by atoms with E-state index in [0.717, 1.165) is 41.5 Å². The lowest BCUT2D eigenvalue weighted by atomic mass is 9.75. The summed E-state index contributed by atoms with van der Waals surface area (Å²) in [5.74, 6) is -0.414. The maximum absolute atomic E-state index is 13.2. The van der Waals surface area contributed by atoms with E-state index in [1.807, 2.05) is 30.3 Å². The zero-order valence-electron chi connectivity index (χ0n) is 15.7. The average molecular weight is 430 g/mol. The van der Waals surface area contributed by atoms with Crippen molar-refractivity contribution in [1.29, 1.82) is 0 Å². The molecular formula is C21H20ClN3O3S. The topological polar surface area (TPSA) is 94.6 Å². The van der Waals surface area contributed by atoms with Gasteiger partial charge >= 0.3 is 0 Å². The van der Waals surface area contributed by atoms with E-state index in [4.69, 9.17) is 11.6 Å². The Hall–Kier alpha value is -2.19. The summed E-state index contributed by atoms with van der Waals surface area (Å²) in [6.07, 6.45) is 4.22. The zero-order chi connectivity index (χ0) is 20.4. The van der Waals surface area contributed by atoms with Crippen molar-refractivity contribution < 1.29 is 14.1 Å². The molecule has 2 aromatic carbocycles. The van der Waals surface area contributed by atoms with Crippen LogP contribution in [0, 0.1) is 0 Å². The van der Waals surface area contributed by atoms with Crippen LogP contribution in [0.5, 0.6) is 0 Å². The molecule has 0 saturated heterocycles. The monoisotopic (exact) mass is 429 g/mol. The molecule has 1 unspecified atom stereocenters. The lowest BCUT2D eigenvalue weighted by molar-refractivity contribution is -0.118. The van der Waals surface area contributed by atoms with Gasteiger partial charge in [0, 0.05) is 22.7 Å². The molecule has 1 aromatic heterocycles. The zero-order valence-corrected chi connectivity index (χ0v) is 17.3. The molecule has 0 bridgehead atoms. The summed E-state index contributed by atoms with van der Waals surface area (Å²) in [6, 6.07) is 10.8. The predicted octanol–water partition coefficient (Wildman–Crippen LogP) is 4.12. The molecule has 1 fully saturated rings. The third-order valence-electron chi connectivity index (χ3n) is 5.87. The molecule has 29 heavy (non-hydrogen) atoms. The van der Waals surface area contributed by atoms with Gasteiger partial charge in [0.2, 0.25) is 0 Å². The summed E-state index contributed by atoms with van der Waals surface area (Å²) >= 11 is 6.52. The van der Waals surface area contributed by atoms with Gasteiger partial charge in [0.1, 0.15) is 9.92 Å². The fourth-order valence-corrected chi connectivity index (χ4v) is 6.19. The Balaban J connectivity index is 1.61. The third kappa shape index (κ3) is 2.92. The fourth-order valence-electron chi connectivity index (χ4n) is 3.96. The minimum absolute atomic E-state index is 0.414. The van der Waals surface area contributed by atoms with E-state index in [1.165, 1.54) is 0 Å². The highest BCUT2D eigenvalue weighted by molar-refractivity contribution is 7.92. The number of H-pyrrole nitrogens is 1. The van der Waals surface area contributed by atoms with Crippen LogP contribution in [-0.4, -0.2) is 26.2 Å². The molecule has 2 atom stereocenters. The van der Waals surface area contributed by atoms with E-state index in [0.29, 0.717) is 15.3 Å². The number of carbonyl (C=O) groups excluding carboxylic acids is 1. The van der Waals surface area contributed by atoms with Gasteiger partial charge < -0.3 is 10.1 Å². The fraction of sp³-hybridized carbons (Fsp3) is 0.286. The number of halogens is 1. The minimum atomic E-state index is -3.03. The largest absolute Gasteiger partial charge is 0.385 e. The van der Waals surface area contributed by atoms with Crippen LogP contribution in [0.15, 0.2) is 51.9 Å². The van der Waals surface area contributed by atoms with Gasteiger partial charge in [0.25, 0.3) is 5.91 Å². The van der Waals surface area contributed by atoms with Crippen molar-refractivity contribution in [3.05, 3.63) is 53.2 Å². The number of aromatic nitrogens is 1. The number of hydrogen-bond donors (Lipinski definition) is 3. The van der Waals surface area contributed by atoms with Crippen molar-refractivity contribution in [3.63, 3.8) is 0 Å². The molecule has 1 amide bonds. The quantitative estimate of drug-likeness (QED) is 0.584. The van der Waals surface area contributed by atoms with Crippen LogP contribution >= 0.6 is 11.6 Å². The molecule has 2 heterocycles. The third-order valence-corrected chi connectivity index (χ3v) is 8.23. The van der Waals surface area contributed by atoms with Crippen molar-refractivity contribution in [1.82, 2.24) is 9.71 Å². The molecule has 3 N–H and O–H groups in total. The van der Waals surface area contributed by atoms with Crippen LogP contribution in [0.4, 0.5) is 0 Å². The number of benzene rings is 2. The first-order valence-electron chi connectivity index (χ1n) is 9.51. The summed E-state index contributed by atoms with van der Waals surface area (Å²) in [4.78, 5) is 15.4. The van der Waals surface area contributed by atoms with E-state index in [-0.39, 0.29) is 0 Å².